The van der Waals surface area contributed by atoms with E-state index >= 15 is 0 Å². The fourth-order valence-corrected chi connectivity index (χ4v) is 6.82. The summed E-state index contributed by atoms with van der Waals surface area (Å²) in [5.74, 6) is 2.43. The molecule has 0 bridgehead atoms. The molecule has 0 unspecified atom stereocenters. The number of esters is 1. The molecule has 1 saturated carbocycles. The number of hydrogen-bond donors (Lipinski definition) is 0. The van der Waals surface area contributed by atoms with Crippen molar-refractivity contribution in [3.05, 3.63) is 65.9 Å². The van der Waals surface area contributed by atoms with Gasteiger partial charge in [0, 0.05) is 18.2 Å². The SMILES string of the molecule is CCCC(C)(C)C(=O)OCN1C(=O)CCc2c(OCCCCC3CCC(c4cccc5ccccc45)CC3)ccnc21. The lowest BCUT2D eigenvalue weighted by Gasteiger charge is -2.30. The van der Waals surface area contributed by atoms with Gasteiger partial charge in [-0.1, -0.05) is 62.2 Å². The third-order valence-electron chi connectivity index (χ3n) is 9.26. The van der Waals surface area contributed by atoms with Crippen LogP contribution in [0.5, 0.6) is 5.75 Å². The van der Waals surface area contributed by atoms with Gasteiger partial charge in [0.15, 0.2) is 6.73 Å². The Morgan fingerprint density at radius 2 is 1.79 bits per heavy atom. The summed E-state index contributed by atoms with van der Waals surface area (Å²) in [6, 6.07) is 17.4. The van der Waals surface area contributed by atoms with Crippen LogP contribution < -0.4 is 9.64 Å². The van der Waals surface area contributed by atoms with E-state index in [9.17, 15) is 9.59 Å². The van der Waals surface area contributed by atoms with Gasteiger partial charge in [0.25, 0.3) is 0 Å². The number of fused-ring (bicyclic) bond motifs is 2. The van der Waals surface area contributed by atoms with Crippen LogP contribution in [-0.4, -0.2) is 30.2 Å². The van der Waals surface area contributed by atoms with Gasteiger partial charge in [0.05, 0.1) is 12.0 Å². The molecule has 1 aliphatic carbocycles. The molecular weight excluding hydrogens is 524 g/mol. The normalized spacial score (nSPS) is 19.0. The Labute approximate surface area is 250 Å². The van der Waals surface area contributed by atoms with E-state index in [-0.39, 0.29) is 18.6 Å². The van der Waals surface area contributed by atoms with Gasteiger partial charge >= 0.3 is 5.97 Å². The molecule has 0 N–H and O–H groups in total. The summed E-state index contributed by atoms with van der Waals surface area (Å²) < 4.78 is 11.8. The van der Waals surface area contributed by atoms with Crippen LogP contribution in [0, 0.1) is 11.3 Å². The smallest absolute Gasteiger partial charge is 0.313 e. The molecule has 0 atom stereocenters. The van der Waals surface area contributed by atoms with Gasteiger partial charge in [-0.25, -0.2) is 4.98 Å². The second kappa shape index (κ2) is 13.7. The zero-order valence-electron chi connectivity index (χ0n) is 25.6. The number of carbonyl (C=O) groups excluding carboxylic acids is 2. The van der Waals surface area contributed by atoms with Crippen molar-refractivity contribution in [3.63, 3.8) is 0 Å². The lowest BCUT2D eigenvalue weighted by atomic mass is 9.76. The first-order valence-corrected chi connectivity index (χ1v) is 15.9. The van der Waals surface area contributed by atoms with E-state index in [0.717, 1.165) is 42.9 Å². The molecule has 224 valence electrons. The molecule has 3 aromatic rings. The Hall–Kier alpha value is -3.41. The van der Waals surface area contributed by atoms with Crippen LogP contribution in [0.4, 0.5) is 5.82 Å². The standard InChI is InChI=1S/C36H46N2O4/c1-4-22-36(2,3)35(40)42-25-38-33(39)20-19-31-32(21-23-37-34(31)38)41-24-8-7-10-26-15-17-28(18-16-26)30-14-9-12-27-11-5-6-13-29(27)30/h5-6,9,11-14,21,23,26,28H,4,7-8,10,15-20,22,24-25H2,1-3H3. The Kier molecular flexibility index (Phi) is 9.81. The summed E-state index contributed by atoms with van der Waals surface area (Å²) in [4.78, 5) is 31.3. The Bertz CT molecular complexity index is 1370. The third kappa shape index (κ3) is 6.96. The number of anilines is 1. The summed E-state index contributed by atoms with van der Waals surface area (Å²) in [5.41, 5.74) is 1.87. The highest BCUT2D eigenvalue weighted by atomic mass is 16.5. The molecule has 6 nitrogen and oxygen atoms in total. The van der Waals surface area contributed by atoms with Crippen LogP contribution in [0.1, 0.15) is 102 Å². The summed E-state index contributed by atoms with van der Waals surface area (Å²) in [7, 11) is 0. The summed E-state index contributed by atoms with van der Waals surface area (Å²) in [6.07, 6.45) is 12.8. The average Bonchev–Trinajstić information content (AvgIpc) is 3.00. The molecule has 0 saturated heterocycles. The second-order valence-corrected chi connectivity index (χ2v) is 12.8. The predicted octanol–water partition coefficient (Wildman–Crippen LogP) is 8.36. The minimum absolute atomic E-state index is 0.0802. The van der Waals surface area contributed by atoms with Gasteiger partial charge in [-0.05, 0) is 99.5 Å². The maximum Gasteiger partial charge on any atom is 0.313 e. The van der Waals surface area contributed by atoms with E-state index < -0.39 is 5.41 Å². The van der Waals surface area contributed by atoms with Crippen LogP contribution in [0.3, 0.4) is 0 Å². The van der Waals surface area contributed by atoms with Crippen LogP contribution in [0.15, 0.2) is 54.7 Å². The number of hydrogen-bond acceptors (Lipinski definition) is 5. The van der Waals surface area contributed by atoms with Crippen molar-refractivity contribution in [2.75, 3.05) is 18.2 Å². The van der Waals surface area contributed by atoms with E-state index in [1.54, 1.807) is 6.20 Å². The quantitative estimate of drug-likeness (QED) is 0.162. The fraction of sp³-hybridized carbons (Fsp3) is 0.528. The molecular formula is C36H46N2O4. The maximum absolute atomic E-state index is 12.7. The largest absolute Gasteiger partial charge is 0.493 e. The predicted molar refractivity (Wildman–Crippen MR) is 168 cm³/mol. The van der Waals surface area contributed by atoms with Crippen molar-refractivity contribution in [1.29, 1.82) is 0 Å². The van der Waals surface area contributed by atoms with Gasteiger partial charge in [0.2, 0.25) is 5.91 Å². The highest BCUT2D eigenvalue weighted by Gasteiger charge is 2.32. The fourth-order valence-electron chi connectivity index (χ4n) is 6.82. The first-order chi connectivity index (χ1) is 20.4. The van der Waals surface area contributed by atoms with Crippen LogP contribution in [0.25, 0.3) is 10.8 Å². The molecule has 5 rings (SSSR count). The second-order valence-electron chi connectivity index (χ2n) is 12.8. The van der Waals surface area contributed by atoms with Crippen LogP contribution in [-0.2, 0) is 20.7 Å². The highest BCUT2D eigenvalue weighted by Crippen LogP contribution is 2.40. The number of benzene rings is 2. The molecule has 2 aliphatic rings. The molecule has 1 amide bonds. The van der Waals surface area contributed by atoms with Crippen LogP contribution in [0.2, 0.25) is 0 Å². The summed E-state index contributed by atoms with van der Waals surface area (Å²) in [6.45, 7) is 6.34. The molecule has 1 aliphatic heterocycles. The highest BCUT2D eigenvalue weighted by molar-refractivity contribution is 5.96. The van der Waals surface area contributed by atoms with Crippen molar-refractivity contribution in [1.82, 2.24) is 4.98 Å². The van der Waals surface area contributed by atoms with Gasteiger partial charge < -0.3 is 9.47 Å². The number of nitrogens with zero attached hydrogens (tertiary/aromatic N) is 2. The monoisotopic (exact) mass is 570 g/mol. The molecule has 6 heteroatoms. The molecule has 2 aromatic carbocycles. The summed E-state index contributed by atoms with van der Waals surface area (Å²) >= 11 is 0. The topological polar surface area (TPSA) is 68.7 Å². The number of amides is 1. The molecule has 1 fully saturated rings. The van der Waals surface area contributed by atoms with Crippen molar-refractivity contribution in [2.45, 2.75) is 97.3 Å². The Morgan fingerprint density at radius 1 is 1.00 bits per heavy atom. The maximum atomic E-state index is 12.7. The zero-order valence-corrected chi connectivity index (χ0v) is 25.6. The number of rotatable bonds is 12. The zero-order chi connectivity index (χ0) is 29.5. The van der Waals surface area contributed by atoms with E-state index in [4.69, 9.17) is 9.47 Å². The lowest BCUT2D eigenvalue weighted by Crippen LogP contribution is -2.40. The van der Waals surface area contributed by atoms with Crippen molar-refractivity contribution in [2.24, 2.45) is 11.3 Å². The molecule has 42 heavy (non-hydrogen) atoms. The van der Waals surface area contributed by atoms with Gasteiger partial charge in [-0.15, -0.1) is 0 Å². The number of aromatic nitrogens is 1. The van der Waals surface area contributed by atoms with Crippen molar-refractivity contribution >= 4 is 28.5 Å². The van der Waals surface area contributed by atoms with E-state index in [1.165, 1.54) is 53.3 Å². The van der Waals surface area contributed by atoms with Crippen LogP contribution >= 0.6 is 0 Å². The summed E-state index contributed by atoms with van der Waals surface area (Å²) in [5, 5.41) is 2.77. The molecule has 0 radical (unpaired) electrons. The Balaban J connectivity index is 1.08. The van der Waals surface area contributed by atoms with Crippen molar-refractivity contribution < 1.29 is 19.1 Å². The number of pyridine rings is 1. The van der Waals surface area contributed by atoms with E-state index in [0.29, 0.717) is 31.2 Å². The van der Waals surface area contributed by atoms with E-state index in [2.05, 4.69) is 47.4 Å². The number of carbonyl (C=O) groups is 2. The first kappa shape index (κ1) is 30.1. The molecule has 1 aromatic heterocycles. The minimum atomic E-state index is -0.578. The minimum Gasteiger partial charge on any atom is -0.493 e. The number of ether oxygens (including phenoxy) is 2. The first-order valence-electron chi connectivity index (χ1n) is 15.9. The molecule has 0 spiro atoms. The molecule has 2 heterocycles. The van der Waals surface area contributed by atoms with Gasteiger partial charge in [0.1, 0.15) is 11.6 Å². The number of unbranched alkanes of at least 4 members (excludes halogenated alkanes) is 1. The third-order valence-corrected chi connectivity index (χ3v) is 9.26. The Morgan fingerprint density at radius 3 is 2.60 bits per heavy atom. The van der Waals surface area contributed by atoms with Crippen molar-refractivity contribution in [3.8, 4) is 5.75 Å². The average molecular weight is 571 g/mol. The lowest BCUT2D eigenvalue weighted by molar-refractivity contribution is -0.154. The van der Waals surface area contributed by atoms with Gasteiger partial charge in [-0.3, -0.25) is 14.5 Å². The van der Waals surface area contributed by atoms with E-state index in [1.807, 2.05) is 26.8 Å². The van der Waals surface area contributed by atoms with Gasteiger partial charge in [-0.2, -0.15) is 0 Å².